The molecular weight excluding hydrogens is 252 g/mol. The molecule has 0 spiro atoms. The first-order chi connectivity index (χ1) is 8.22. The van der Waals surface area contributed by atoms with Crippen molar-refractivity contribution in [3.05, 3.63) is 29.3 Å². The fourth-order valence-electron chi connectivity index (χ4n) is 2.00. The molecule has 1 fully saturated rings. The molecule has 0 saturated carbocycles. The Kier molecular flexibility index (Phi) is 4.65. The van der Waals surface area contributed by atoms with Gasteiger partial charge in [-0.05, 0) is 30.2 Å². The van der Waals surface area contributed by atoms with Crippen LogP contribution in [0.15, 0.2) is 18.2 Å². The molecule has 17 heavy (non-hydrogen) atoms. The molecule has 0 bridgehead atoms. The highest BCUT2D eigenvalue weighted by atomic mass is 32.2. The number of rotatable bonds is 3. The lowest BCUT2D eigenvalue weighted by molar-refractivity contribution is 0.179. The predicted octanol–water partition coefficient (Wildman–Crippen LogP) is 2.89. The Morgan fingerprint density at radius 2 is 2.24 bits per heavy atom. The Hall–Kier alpha value is -0.320. The Balaban J connectivity index is 2.15. The maximum Gasteiger partial charge on any atom is 0.119 e. The van der Waals surface area contributed by atoms with E-state index in [0.29, 0.717) is 5.25 Å². The number of ether oxygens (including phenoxy) is 1. The number of hydrogen-bond donors (Lipinski definition) is 1. The van der Waals surface area contributed by atoms with Gasteiger partial charge in [0.15, 0.2) is 0 Å². The molecule has 2 atom stereocenters. The first-order valence-electron chi connectivity index (χ1n) is 5.74. The lowest BCUT2D eigenvalue weighted by Gasteiger charge is -2.27. The summed E-state index contributed by atoms with van der Waals surface area (Å²) >= 11 is 3.82. The van der Waals surface area contributed by atoms with Gasteiger partial charge in [-0.15, -0.1) is 0 Å². The minimum Gasteiger partial charge on any atom is -0.497 e. The van der Waals surface area contributed by atoms with Crippen molar-refractivity contribution in [2.45, 2.75) is 18.3 Å². The minimum absolute atomic E-state index is 0.320. The van der Waals surface area contributed by atoms with E-state index in [9.17, 15) is 5.11 Å². The molecule has 2 rings (SSSR count). The van der Waals surface area contributed by atoms with E-state index in [0.717, 1.165) is 28.4 Å². The number of aliphatic hydroxyl groups excluding tert-OH is 1. The second kappa shape index (κ2) is 6.03. The summed E-state index contributed by atoms with van der Waals surface area (Å²) in [6.45, 7) is 2.03. The van der Waals surface area contributed by atoms with Gasteiger partial charge >= 0.3 is 0 Å². The highest BCUT2D eigenvalue weighted by Gasteiger charge is 2.25. The van der Waals surface area contributed by atoms with Crippen molar-refractivity contribution >= 4 is 23.5 Å². The van der Waals surface area contributed by atoms with Crippen LogP contribution in [-0.4, -0.2) is 34.7 Å². The normalized spacial score (nSPS) is 22.2. The van der Waals surface area contributed by atoms with Crippen molar-refractivity contribution in [1.82, 2.24) is 0 Å². The molecular formula is C13H18O2S2. The summed E-state index contributed by atoms with van der Waals surface area (Å²) in [7, 11) is 1.67. The zero-order valence-electron chi connectivity index (χ0n) is 10.2. The highest BCUT2D eigenvalue weighted by Crippen LogP contribution is 2.35. The quantitative estimate of drug-likeness (QED) is 0.914. The van der Waals surface area contributed by atoms with Gasteiger partial charge in [0.25, 0.3) is 0 Å². The predicted molar refractivity (Wildman–Crippen MR) is 76.3 cm³/mol. The van der Waals surface area contributed by atoms with Gasteiger partial charge in [0.05, 0.1) is 13.2 Å². The summed E-state index contributed by atoms with van der Waals surface area (Å²) in [4.78, 5) is 0. The molecule has 1 aromatic rings. The van der Waals surface area contributed by atoms with Crippen LogP contribution in [-0.2, 0) is 0 Å². The molecule has 2 nitrogen and oxygen atoms in total. The number of benzene rings is 1. The smallest absolute Gasteiger partial charge is 0.119 e. The summed E-state index contributed by atoms with van der Waals surface area (Å²) in [6, 6.07) is 5.89. The fraction of sp³-hybridized carbons (Fsp3) is 0.538. The third kappa shape index (κ3) is 3.12. The van der Waals surface area contributed by atoms with Crippen LogP contribution in [0.1, 0.15) is 17.2 Å². The van der Waals surface area contributed by atoms with E-state index in [-0.39, 0.29) is 6.10 Å². The van der Waals surface area contributed by atoms with Gasteiger partial charge in [-0.25, -0.2) is 0 Å². The molecule has 1 aliphatic heterocycles. The SMILES string of the molecule is COc1ccc(C(O)C2CSCCS2)c(C)c1. The van der Waals surface area contributed by atoms with E-state index in [4.69, 9.17) is 4.74 Å². The van der Waals surface area contributed by atoms with Crippen LogP contribution in [0.4, 0.5) is 0 Å². The van der Waals surface area contributed by atoms with E-state index in [1.54, 1.807) is 7.11 Å². The van der Waals surface area contributed by atoms with Crippen LogP contribution >= 0.6 is 23.5 Å². The van der Waals surface area contributed by atoms with Crippen LogP contribution in [0.25, 0.3) is 0 Å². The molecule has 94 valence electrons. The Morgan fingerprint density at radius 3 is 2.82 bits per heavy atom. The van der Waals surface area contributed by atoms with E-state index in [1.807, 2.05) is 48.6 Å². The number of thioether (sulfide) groups is 2. The van der Waals surface area contributed by atoms with Crippen LogP contribution in [0.5, 0.6) is 5.75 Å². The van der Waals surface area contributed by atoms with Crippen LogP contribution in [0.3, 0.4) is 0 Å². The first-order valence-corrected chi connectivity index (χ1v) is 7.94. The summed E-state index contributed by atoms with van der Waals surface area (Å²) in [5.74, 6) is 4.23. The maximum atomic E-state index is 10.4. The van der Waals surface area contributed by atoms with Gasteiger partial charge < -0.3 is 9.84 Å². The highest BCUT2D eigenvalue weighted by molar-refractivity contribution is 8.06. The van der Waals surface area contributed by atoms with Gasteiger partial charge in [0.2, 0.25) is 0 Å². The monoisotopic (exact) mass is 270 g/mol. The van der Waals surface area contributed by atoms with Gasteiger partial charge in [-0.2, -0.15) is 23.5 Å². The largest absolute Gasteiger partial charge is 0.497 e. The molecule has 0 aliphatic carbocycles. The number of aliphatic hydroxyl groups is 1. The maximum absolute atomic E-state index is 10.4. The number of hydrogen-bond acceptors (Lipinski definition) is 4. The van der Waals surface area contributed by atoms with Crippen molar-refractivity contribution in [3.63, 3.8) is 0 Å². The van der Waals surface area contributed by atoms with E-state index < -0.39 is 0 Å². The third-order valence-electron chi connectivity index (χ3n) is 2.99. The van der Waals surface area contributed by atoms with Gasteiger partial charge in [-0.1, -0.05) is 6.07 Å². The van der Waals surface area contributed by atoms with Crippen LogP contribution in [0.2, 0.25) is 0 Å². The van der Waals surface area contributed by atoms with Crippen LogP contribution < -0.4 is 4.74 Å². The lowest BCUT2D eigenvalue weighted by Crippen LogP contribution is -2.22. The summed E-state index contributed by atoms with van der Waals surface area (Å²) < 4.78 is 5.18. The standard InChI is InChI=1S/C13H18O2S2/c1-9-7-10(15-2)3-4-11(9)13(14)12-8-16-5-6-17-12/h3-4,7,12-14H,5-6,8H2,1-2H3. The van der Waals surface area contributed by atoms with Crippen LogP contribution in [0, 0.1) is 6.92 Å². The Bertz CT molecular complexity index is 376. The van der Waals surface area contributed by atoms with Gasteiger partial charge in [0, 0.05) is 22.5 Å². The molecule has 0 aromatic heterocycles. The summed E-state index contributed by atoms with van der Waals surface area (Å²) in [5.41, 5.74) is 2.14. The summed E-state index contributed by atoms with van der Waals surface area (Å²) in [6.07, 6.45) is -0.362. The fourth-order valence-corrected chi connectivity index (χ4v) is 4.74. The number of aryl methyl sites for hydroxylation is 1. The second-order valence-electron chi connectivity index (χ2n) is 4.15. The molecule has 0 radical (unpaired) electrons. The van der Waals surface area contributed by atoms with Crippen molar-refractivity contribution in [2.24, 2.45) is 0 Å². The van der Waals surface area contributed by atoms with E-state index in [1.165, 1.54) is 5.75 Å². The van der Waals surface area contributed by atoms with E-state index in [2.05, 4.69) is 0 Å². The topological polar surface area (TPSA) is 29.5 Å². The molecule has 1 saturated heterocycles. The van der Waals surface area contributed by atoms with E-state index >= 15 is 0 Å². The molecule has 1 N–H and O–H groups in total. The van der Waals surface area contributed by atoms with Gasteiger partial charge in [0.1, 0.15) is 5.75 Å². The van der Waals surface area contributed by atoms with Crippen molar-refractivity contribution in [1.29, 1.82) is 0 Å². The van der Waals surface area contributed by atoms with Crippen molar-refractivity contribution in [3.8, 4) is 5.75 Å². The lowest BCUT2D eigenvalue weighted by atomic mass is 10.0. The average Bonchev–Trinajstić information content (AvgIpc) is 2.39. The summed E-state index contributed by atoms with van der Waals surface area (Å²) in [5, 5.41) is 10.7. The zero-order chi connectivity index (χ0) is 12.3. The molecule has 2 unspecified atom stereocenters. The minimum atomic E-state index is -0.362. The molecule has 0 amide bonds. The molecule has 1 heterocycles. The third-order valence-corrected chi connectivity index (χ3v) is 5.84. The van der Waals surface area contributed by atoms with Crippen molar-refractivity contribution in [2.75, 3.05) is 24.4 Å². The molecule has 1 aromatic carbocycles. The van der Waals surface area contributed by atoms with Crippen molar-refractivity contribution < 1.29 is 9.84 Å². The molecule has 1 aliphatic rings. The number of methoxy groups -OCH3 is 1. The zero-order valence-corrected chi connectivity index (χ0v) is 11.8. The first kappa shape index (κ1) is 13.1. The Morgan fingerprint density at radius 1 is 1.41 bits per heavy atom. The Labute approximate surface area is 111 Å². The average molecular weight is 270 g/mol. The second-order valence-corrected chi connectivity index (χ2v) is 6.65. The molecule has 4 heteroatoms. The van der Waals surface area contributed by atoms with Gasteiger partial charge in [-0.3, -0.25) is 0 Å².